The molecule has 0 fully saturated rings. The van der Waals surface area contributed by atoms with E-state index in [0.717, 1.165) is 4.47 Å². The molecule has 0 aliphatic carbocycles. The highest BCUT2D eigenvalue weighted by atomic mass is 79.9. The summed E-state index contributed by atoms with van der Waals surface area (Å²) in [7, 11) is -3.58. The van der Waals surface area contributed by atoms with E-state index in [9.17, 15) is 9.36 Å². The van der Waals surface area contributed by atoms with Crippen LogP contribution in [0.2, 0.25) is 0 Å². The number of anilines is 1. The molecule has 0 spiro atoms. The fourth-order valence-electron chi connectivity index (χ4n) is 2.56. The van der Waals surface area contributed by atoms with Gasteiger partial charge in [-0.15, -0.1) is 0 Å². The van der Waals surface area contributed by atoms with Crippen LogP contribution in [0.3, 0.4) is 0 Å². The first-order chi connectivity index (χ1) is 11.5. The van der Waals surface area contributed by atoms with E-state index in [1.54, 1.807) is 30.3 Å². The fraction of sp³-hybridized carbons (Fsp3) is 0.0667. The molecule has 9 heteroatoms. The van der Waals surface area contributed by atoms with Gasteiger partial charge in [0.05, 0.1) is 11.0 Å². The second-order valence-corrected chi connectivity index (χ2v) is 8.03. The van der Waals surface area contributed by atoms with Crippen LogP contribution in [0.25, 0.3) is 11.0 Å². The van der Waals surface area contributed by atoms with Crippen LogP contribution in [0.5, 0.6) is 0 Å². The number of nitrogens with zero attached hydrogens (tertiary/aromatic N) is 2. The summed E-state index contributed by atoms with van der Waals surface area (Å²) in [6.07, 6.45) is 0. The summed E-state index contributed by atoms with van der Waals surface area (Å²) in [5.41, 5.74) is 1.96. The van der Waals surface area contributed by atoms with Crippen LogP contribution in [0.15, 0.2) is 53.0 Å². The monoisotopic (exact) mass is 406 g/mol. The predicted octanol–water partition coefficient (Wildman–Crippen LogP) is 4.11. The van der Waals surface area contributed by atoms with Gasteiger partial charge in [-0.2, -0.15) is 0 Å². The molecule has 0 saturated heterocycles. The Labute approximate surface area is 145 Å². The van der Waals surface area contributed by atoms with E-state index < -0.39 is 13.7 Å². The van der Waals surface area contributed by atoms with Crippen molar-refractivity contribution in [2.24, 2.45) is 0 Å². The van der Waals surface area contributed by atoms with E-state index in [4.69, 9.17) is 4.52 Å². The molecular weight excluding hydrogens is 395 g/mol. The van der Waals surface area contributed by atoms with Gasteiger partial charge in [-0.1, -0.05) is 28.1 Å². The number of hydrogen-bond acceptors (Lipinski definition) is 4. The van der Waals surface area contributed by atoms with E-state index in [1.807, 2.05) is 18.2 Å². The van der Waals surface area contributed by atoms with Gasteiger partial charge in [-0.3, -0.25) is 4.52 Å². The normalized spacial score (nSPS) is 19.2. The Bertz CT molecular complexity index is 986. The molecule has 4 rings (SSSR count). The van der Waals surface area contributed by atoms with E-state index >= 15 is 0 Å². The number of carbonyl (C=O) groups is 1. The maximum Gasteiger partial charge on any atom is 0.404 e. The first kappa shape index (κ1) is 15.4. The number of nitrogens with one attached hydrogen (secondary N) is 2. The van der Waals surface area contributed by atoms with Gasteiger partial charge >= 0.3 is 13.7 Å². The Morgan fingerprint density at radius 2 is 1.96 bits per heavy atom. The first-order valence-electron chi connectivity index (χ1n) is 7.12. The fourth-order valence-corrected chi connectivity index (χ4v) is 4.56. The second kappa shape index (κ2) is 5.73. The third-order valence-electron chi connectivity index (χ3n) is 3.58. The molecule has 0 bridgehead atoms. The third kappa shape index (κ3) is 2.62. The van der Waals surface area contributed by atoms with Gasteiger partial charge in [0.2, 0.25) is 0 Å². The van der Waals surface area contributed by atoms with Gasteiger partial charge < -0.3 is 5.32 Å². The molecule has 2 amide bonds. The Hall–Kier alpha value is -2.15. The number of carbonyl (C=O) groups excluding carboxylic acids is 1. The topological polar surface area (TPSA) is 85.2 Å². The van der Waals surface area contributed by atoms with Crippen molar-refractivity contribution in [3.63, 3.8) is 0 Å². The highest BCUT2D eigenvalue weighted by molar-refractivity contribution is 9.10. The van der Waals surface area contributed by atoms with Crippen molar-refractivity contribution >= 4 is 46.4 Å². The van der Waals surface area contributed by atoms with Crippen molar-refractivity contribution < 1.29 is 13.9 Å². The molecule has 0 saturated carbocycles. The van der Waals surface area contributed by atoms with Crippen molar-refractivity contribution in [2.45, 2.75) is 6.61 Å². The van der Waals surface area contributed by atoms with Gasteiger partial charge in [-0.25, -0.2) is 23.8 Å². The maximum atomic E-state index is 13.1. The number of fused-ring (bicyclic) bond motifs is 3. The lowest BCUT2D eigenvalue weighted by Gasteiger charge is -2.15. The van der Waals surface area contributed by atoms with Crippen molar-refractivity contribution in [3.8, 4) is 0 Å². The van der Waals surface area contributed by atoms with Crippen molar-refractivity contribution in [1.82, 2.24) is 14.4 Å². The highest BCUT2D eigenvalue weighted by Crippen LogP contribution is 2.52. The predicted molar refractivity (Wildman–Crippen MR) is 93.8 cm³/mol. The SMILES string of the molecule is O=C(Nc1ccc(Br)cc1)NP1(=O)OCc2nc3ccccc3n21. The molecular formula is C15H12BrN4O3P. The van der Waals surface area contributed by atoms with Crippen LogP contribution in [-0.2, 0) is 15.7 Å². The van der Waals surface area contributed by atoms with Crippen LogP contribution in [0.1, 0.15) is 5.82 Å². The zero-order chi connectivity index (χ0) is 16.7. The minimum atomic E-state index is -3.58. The van der Waals surface area contributed by atoms with E-state index in [2.05, 4.69) is 31.3 Å². The molecule has 2 aromatic carbocycles. The number of urea groups is 1. The number of imidazole rings is 1. The molecule has 24 heavy (non-hydrogen) atoms. The quantitative estimate of drug-likeness (QED) is 0.627. The lowest BCUT2D eigenvalue weighted by molar-refractivity contribution is 0.253. The largest absolute Gasteiger partial charge is 0.404 e. The van der Waals surface area contributed by atoms with Crippen LogP contribution < -0.4 is 10.4 Å². The summed E-state index contributed by atoms with van der Waals surface area (Å²) in [5, 5.41) is 5.08. The summed E-state index contributed by atoms with van der Waals surface area (Å²) < 4.78 is 20.8. The molecule has 7 nitrogen and oxygen atoms in total. The summed E-state index contributed by atoms with van der Waals surface area (Å²) in [6, 6.07) is 13.7. The van der Waals surface area contributed by atoms with Crippen LogP contribution in [0, 0.1) is 0 Å². The molecule has 2 N–H and O–H groups in total. The van der Waals surface area contributed by atoms with Crippen molar-refractivity contribution in [2.75, 3.05) is 5.32 Å². The van der Waals surface area contributed by atoms with E-state index in [0.29, 0.717) is 22.5 Å². The van der Waals surface area contributed by atoms with Gasteiger partial charge in [0.25, 0.3) is 0 Å². The minimum absolute atomic E-state index is 0.0878. The Morgan fingerprint density at radius 3 is 2.75 bits per heavy atom. The summed E-state index contributed by atoms with van der Waals surface area (Å²) in [6.45, 7) is 0.0878. The van der Waals surface area contributed by atoms with Crippen molar-refractivity contribution in [1.29, 1.82) is 0 Å². The molecule has 3 aromatic rings. The Morgan fingerprint density at radius 1 is 1.21 bits per heavy atom. The zero-order valence-electron chi connectivity index (χ0n) is 12.3. The number of hydrogen-bond donors (Lipinski definition) is 2. The van der Waals surface area contributed by atoms with E-state index in [-0.39, 0.29) is 6.61 Å². The van der Waals surface area contributed by atoms with Gasteiger partial charge in [0, 0.05) is 10.2 Å². The lowest BCUT2D eigenvalue weighted by atomic mass is 10.3. The lowest BCUT2D eigenvalue weighted by Crippen LogP contribution is -2.27. The number of rotatable bonds is 2. The standard InChI is InChI=1S/C15H12BrN4O3P/c16-10-5-7-11(8-6-10)17-15(21)19-24(22)20-13-4-2-1-3-12(13)18-14(20)9-23-24/h1-8H,9H2,(H2,17,19,21,22). The average molecular weight is 407 g/mol. The van der Waals surface area contributed by atoms with Gasteiger partial charge in [0.15, 0.2) is 0 Å². The molecule has 1 aromatic heterocycles. The molecule has 1 aliphatic rings. The number of aromatic nitrogens is 2. The average Bonchev–Trinajstić information content (AvgIpc) is 3.08. The summed E-state index contributed by atoms with van der Waals surface area (Å²) in [5.74, 6) is 0.531. The summed E-state index contributed by atoms with van der Waals surface area (Å²) in [4.78, 5) is 16.6. The maximum absolute atomic E-state index is 13.1. The van der Waals surface area contributed by atoms with Gasteiger partial charge in [-0.05, 0) is 36.4 Å². The highest BCUT2D eigenvalue weighted by Gasteiger charge is 2.38. The number of para-hydroxylation sites is 2. The third-order valence-corrected chi connectivity index (χ3v) is 6.05. The van der Waals surface area contributed by atoms with Crippen molar-refractivity contribution in [3.05, 3.63) is 58.8 Å². The van der Waals surface area contributed by atoms with Gasteiger partial charge in [0.1, 0.15) is 12.4 Å². The molecule has 1 atom stereocenters. The Kier molecular flexibility index (Phi) is 3.68. The molecule has 1 unspecified atom stereocenters. The molecule has 2 heterocycles. The smallest absolute Gasteiger partial charge is 0.308 e. The number of halogens is 1. The molecule has 122 valence electrons. The molecule has 0 radical (unpaired) electrons. The molecule has 1 aliphatic heterocycles. The number of benzene rings is 2. The minimum Gasteiger partial charge on any atom is -0.308 e. The zero-order valence-corrected chi connectivity index (χ0v) is 14.8. The Balaban J connectivity index is 1.60. The summed E-state index contributed by atoms with van der Waals surface area (Å²) >= 11 is 3.32. The first-order valence-corrected chi connectivity index (χ1v) is 9.49. The number of amides is 2. The van der Waals surface area contributed by atoms with E-state index in [1.165, 1.54) is 4.34 Å². The van der Waals surface area contributed by atoms with Crippen LogP contribution in [-0.4, -0.2) is 15.4 Å². The van der Waals surface area contributed by atoms with Crippen LogP contribution >= 0.6 is 23.6 Å². The second-order valence-electron chi connectivity index (χ2n) is 5.20. The van der Waals surface area contributed by atoms with Crippen LogP contribution in [0.4, 0.5) is 10.5 Å².